The lowest BCUT2D eigenvalue weighted by Crippen LogP contribution is -2.31. The Hall–Kier alpha value is -2.98. The summed E-state index contributed by atoms with van der Waals surface area (Å²) in [4.78, 5) is 12.0. The van der Waals surface area contributed by atoms with E-state index in [0.717, 1.165) is 27.7 Å². The van der Waals surface area contributed by atoms with Gasteiger partial charge in [-0.2, -0.15) is 10.4 Å². The summed E-state index contributed by atoms with van der Waals surface area (Å²) in [6.07, 6.45) is 4.64. The van der Waals surface area contributed by atoms with Crippen molar-refractivity contribution in [2.75, 3.05) is 6.61 Å². The first-order chi connectivity index (χ1) is 14.0. The molecule has 0 saturated heterocycles. The van der Waals surface area contributed by atoms with Crippen LogP contribution in [0.5, 0.6) is 5.75 Å². The number of carbonyl (C=O) groups excluding carboxylic acids is 1. The molecule has 1 unspecified atom stereocenters. The second-order valence-corrected chi connectivity index (χ2v) is 8.08. The predicted octanol–water partition coefficient (Wildman–Crippen LogP) is 4.76. The summed E-state index contributed by atoms with van der Waals surface area (Å²) in [5.41, 5.74) is 2.19. The lowest BCUT2D eigenvalue weighted by molar-refractivity contribution is -0.115. The summed E-state index contributed by atoms with van der Waals surface area (Å²) in [5, 5.41) is 15.5. The van der Waals surface area contributed by atoms with E-state index in [1.54, 1.807) is 29.1 Å². The van der Waals surface area contributed by atoms with Crippen molar-refractivity contribution in [1.82, 2.24) is 9.78 Å². The van der Waals surface area contributed by atoms with Gasteiger partial charge in [0.15, 0.2) is 5.78 Å². The van der Waals surface area contributed by atoms with Crippen molar-refractivity contribution in [2.45, 2.75) is 24.7 Å². The van der Waals surface area contributed by atoms with Gasteiger partial charge in [-0.3, -0.25) is 4.79 Å². The zero-order valence-corrected chi connectivity index (χ0v) is 16.9. The van der Waals surface area contributed by atoms with Gasteiger partial charge in [-0.05, 0) is 64.3 Å². The summed E-state index contributed by atoms with van der Waals surface area (Å²) in [5.74, 6) is 0.336. The van der Waals surface area contributed by atoms with Crippen LogP contribution >= 0.6 is 15.9 Å². The molecule has 2 heterocycles. The standard InChI is InChI=1S/C22H15BrFN3O2/c23-19-20-13(11-26-27(20)16-3-1-15(24)2-4-16)9-18-21(19)29-8-6-14-10-17(28)5-7-22(14,18)12-25/h1-4,9-11H,5-8H2. The van der Waals surface area contributed by atoms with Crippen LogP contribution in [0.25, 0.3) is 16.6 Å². The molecular formula is C22H15BrFN3O2. The molecule has 0 N–H and O–H groups in total. The molecule has 29 heavy (non-hydrogen) atoms. The lowest BCUT2D eigenvalue weighted by Gasteiger charge is -2.31. The highest BCUT2D eigenvalue weighted by atomic mass is 79.9. The van der Waals surface area contributed by atoms with Gasteiger partial charge < -0.3 is 4.74 Å². The number of allylic oxidation sites excluding steroid dienone is 1. The molecule has 0 spiro atoms. The Bertz CT molecular complexity index is 1240. The maximum absolute atomic E-state index is 13.3. The number of carbonyl (C=O) groups is 1. The zero-order valence-electron chi connectivity index (χ0n) is 15.3. The molecule has 7 heteroatoms. The molecule has 5 rings (SSSR count). The third-order valence-corrected chi connectivity index (χ3v) is 6.45. The van der Waals surface area contributed by atoms with Crippen LogP contribution in [-0.2, 0) is 10.2 Å². The van der Waals surface area contributed by atoms with Crippen molar-refractivity contribution in [3.63, 3.8) is 0 Å². The third kappa shape index (κ3) is 2.63. The van der Waals surface area contributed by atoms with E-state index in [-0.39, 0.29) is 11.6 Å². The second-order valence-electron chi connectivity index (χ2n) is 7.29. The number of nitrogens with zero attached hydrogens (tertiary/aromatic N) is 3. The van der Waals surface area contributed by atoms with Gasteiger partial charge in [-0.1, -0.05) is 0 Å². The second kappa shape index (κ2) is 6.53. The molecule has 1 atom stereocenters. The van der Waals surface area contributed by atoms with E-state index in [1.807, 2.05) is 6.07 Å². The van der Waals surface area contributed by atoms with E-state index in [1.165, 1.54) is 12.1 Å². The normalized spacial score (nSPS) is 20.9. The number of halogens is 2. The Morgan fingerprint density at radius 3 is 2.83 bits per heavy atom. The van der Waals surface area contributed by atoms with Crippen LogP contribution < -0.4 is 4.74 Å². The lowest BCUT2D eigenvalue weighted by atomic mass is 9.67. The maximum Gasteiger partial charge on any atom is 0.155 e. The molecule has 2 aromatic carbocycles. The largest absolute Gasteiger partial charge is 0.492 e. The number of aromatic nitrogens is 2. The average Bonchev–Trinajstić information content (AvgIpc) is 3.08. The van der Waals surface area contributed by atoms with Crippen molar-refractivity contribution in [3.05, 3.63) is 64.0 Å². The fourth-order valence-corrected chi connectivity index (χ4v) is 5.00. The molecule has 2 aliphatic rings. The van der Waals surface area contributed by atoms with Crippen LogP contribution in [0.3, 0.4) is 0 Å². The topological polar surface area (TPSA) is 67.9 Å². The smallest absolute Gasteiger partial charge is 0.155 e. The van der Waals surface area contributed by atoms with Crippen molar-refractivity contribution in [1.29, 1.82) is 5.26 Å². The first-order valence-corrected chi connectivity index (χ1v) is 10.1. The van der Waals surface area contributed by atoms with Crippen molar-refractivity contribution in [3.8, 4) is 17.5 Å². The molecule has 5 nitrogen and oxygen atoms in total. The molecule has 0 radical (unpaired) electrons. The van der Waals surface area contributed by atoms with Gasteiger partial charge in [-0.15, -0.1) is 0 Å². The molecule has 3 aromatic rings. The van der Waals surface area contributed by atoms with Gasteiger partial charge in [0.1, 0.15) is 17.0 Å². The van der Waals surface area contributed by atoms with Crippen LogP contribution in [-0.4, -0.2) is 22.2 Å². The number of hydrogen-bond acceptors (Lipinski definition) is 4. The number of hydrogen-bond donors (Lipinski definition) is 0. The molecule has 0 amide bonds. The molecule has 0 saturated carbocycles. The third-order valence-electron chi connectivity index (χ3n) is 5.72. The number of ether oxygens (including phenoxy) is 1. The van der Waals surface area contributed by atoms with E-state index in [4.69, 9.17) is 4.74 Å². The SMILES string of the molecule is N#CC12CCC(=O)C=C1CCOc1c2cc2cnn(-c3ccc(F)cc3)c2c1Br. The first kappa shape index (κ1) is 18.1. The number of benzene rings is 2. The van der Waals surface area contributed by atoms with E-state index in [0.29, 0.717) is 36.1 Å². The summed E-state index contributed by atoms with van der Waals surface area (Å²) >= 11 is 3.67. The van der Waals surface area contributed by atoms with E-state index in [2.05, 4.69) is 27.1 Å². The Morgan fingerprint density at radius 2 is 2.07 bits per heavy atom. The molecule has 1 aliphatic carbocycles. The van der Waals surface area contributed by atoms with Gasteiger partial charge in [0.25, 0.3) is 0 Å². The molecule has 0 bridgehead atoms. The first-order valence-electron chi connectivity index (χ1n) is 9.28. The van der Waals surface area contributed by atoms with Crippen LogP contribution in [0, 0.1) is 17.1 Å². The quantitative estimate of drug-likeness (QED) is 0.534. The fourth-order valence-electron chi connectivity index (χ4n) is 4.27. The predicted molar refractivity (Wildman–Crippen MR) is 108 cm³/mol. The van der Waals surface area contributed by atoms with Gasteiger partial charge >= 0.3 is 0 Å². The summed E-state index contributed by atoms with van der Waals surface area (Å²) in [7, 11) is 0. The minimum absolute atomic E-state index is 0.0543. The van der Waals surface area contributed by atoms with Gasteiger partial charge in [-0.25, -0.2) is 9.07 Å². The highest BCUT2D eigenvalue weighted by Crippen LogP contribution is 2.50. The van der Waals surface area contributed by atoms with Crippen LogP contribution in [0.15, 0.2) is 52.7 Å². The molecule has 144 valence electrons. The number of ketones is 1. The Labute approximate surface area is 174 Å². The van der Waals surface area contributed by atoms with E-state index < -0.39 is 5.41 Å². The minimum atomic E-state index is -0.881. The number of fused-ring (bicyclic) bond motifs is 4. The summed E-state index contributed by atoms with van der Waals surface area (Å²) < 4.78 is 21.8. The van der Waals surface area contributed by atoms with Crippen molar-refractivity contribution in [2.24, 2.45) is 0 Å². The van der Waals surface area contributed by atoms with Crippen molar-refractivity contribution >= 4 is 32.6 Å². The molecule has 0 fully saturated rings. The van der Waals surface area contributed by atoms with Crippen molar-refractivity contribution < 1.29 is 13.9 Å². The highest BCUT2D eigenvalue weighted by molar-refractivity contribution is 9.10. The monoisotopic (exact) mass is 451 g/mol. The van der Waals surface area contributed by atoms with E-state index in [9.17, 15) is 14.4 Å². The number of rotatable bonds is 1. The Morgan fingerprint density at radius 1 is 1.28 bits per heavy atom. The van der Waals surface area contributed by atoms with Gasteiger partial charge in [0, 0.05) is 23.8 Å². The summed E-state index contributed by atoms with van der Waals surface area (Å²) in [6, 6.07) is 10.5. The van der Waals surface area contributed by atoms with Crippen LogP contribution in [0.1, 0.15) is 24.8 Å². The molecule has 1 aromatic heterocycles. The Balaban J connectivity index is 1.78. The van der Waals surface area contributed by atoms with Gasteiger partial charge in [0.2, 0.25) is 0 Å². The highest BCUT2D eigenvalue weighted by Gasteiger charge is 2.44. The molecule has 1 aliphatic heterocycles. The summed E-state index contributed by atoms with van der Waals surface area (Å²) in [6.45, 7) is 0.379. The average molecular weight is 452 g/mol. The molecular weight excluding hydrogens is 437 g/mol. The minimum Gasteiger partial charge on any atom is -0.492 e. The van der Waals surface area contributed by atoms with Crippen LogP contribution in [0.4, 0.5) is 4.39 Å². The van der Waals surface area contributed by atoms with E-state index >= 15 is 0 Å². The Kier molecular flexibility index (Phi) is 4.07. The zero-order chi connectivity index (χ0) is 20.2. The van der Waals surface area contributed by atoms with Crippen LogP contribution in [0.2, 0.25) is 0 Å². The number of nitriles is 1. The fraction of sp³-hybridized carbons (Fsp3) is 0.227. The van der Waals surface area contributed by atoms with Gasteiger partial charge in [0.05, 0.1) is 34.5 Å². The maximum atomic E-state index is 13.3.